The Morgan fingerprint density at radius 3 is 1.28 bits per heavy atom. The van der Waals surface area contributed by atoms with Crippen LogP contribution in [0.25, 0.3) is 78.8 Å². The minimum Gasteiger partial charge on any atom is -0.453 e. The van der Waals surface area contributed by atoms with Crippen LogP contribution in [-0.2, 0) is 0 Å². The smallest absolute Gasteiger partial charge is 0.162 e. The number of fused-ring (bicyclic) bond motifs is 5. The number of benzene rings is 6. The summed E-state index contributed by atoms with van der Waals surface area (Å²) >= 11 is 0. The monoisotopic (exact) mass is 954 g/mol. The van der Waals surface area contributed by atoms with Crippen molar-refractivity contribution in [2.75, 3.05) is 9.80 Å². The molecule has 0 aliphatic carbocycles. The number of pyridine rings is 4. The molecule has 74 heavy (non-hydrogen) atoms. The van der Waals surface area contributed by atoms with Crippen LogP contribution >= 0.6 is 0 Å². The molecule has 0 amide bonds. The largest absolute Gasteiger partial charge is 0.453 e. The lowest BCUT2D eigenvalue weighted by atomic mass is 9.93. The van der Waals surface area contributed by atoms with Gasteiger partial charge in [0.25, 0.3) is 0 Å². The zero-order chi connectivity index (χ0) is 49.0. The second kappa shape index (κ2) is 17.7. The van der Waals surface area contributed by atoms with E-state index in [1.165, 1.54) is 0 Å². The minimum absolute atomic E-state index is 0.497. The standard InChI is InChI=1S/C62H38N10O2/c1-5-23-57-52(19-1)71(53-20-2-6-24-58(53)73-57)42-33-43-44(49-36-51(47-18-10-12-30-66-47)70-62(68-49)40-16-14-28-64-38-40)31-41(48-35-50(46-17-9-11-29-65-46)69-61(67-48)39-15-13-27-63-37-39)32-45(43)56(34-42)72-54-21-3-7-25-59(54)74-60-26-8-4-22-55(60)72/h1-38H. The first-order valence-corrected chi connectivity index (χ1v) is 24.0. The number of rotatable bonds is 8. The van der Waals surface area contributed by atoms with Gasteiger partial charge >= 0.3 is 0 Å². The fourth-order valence-electron chi connectivity index (χ4n) is 9.77. The predicted octanol–water partition coefficient (Wildman–Crippen LogP) is 15.2. The normalized spacial score (nSPS) is 12.2. The molecule has 0 bridgehead atoms. The number of anilines is 6. The summed E-state index contributed by atoms with van der Waals surface area (Å²) < 4.78 is 13.3. The van der Waals surface area contributed by atoms with Crippen molar-refractivity contribution in [1.29, 1.82) is 0 Å². The van der Waals surface area contributed by atoms with Crippen molar-refractivity contribution < 1.29 is 9.47 Å². The number of nitrogens with zero attached hydrogens (tertiary/aromatic N) is 10. The molecule has 6 aromatic carbocycles. The van der Waals surface area contributed by atoms with Gasteiger partial charge in [0.1, 0.15) is 0 Å². The summed E-state index contributed by atoms with van der Waals surface area (Å²) in [6, 6.07) is 64.9. The third-order valence-electron chi connectivity index (χ3n) is 13.1. The average molecular weight is 955 g/mol. The molecule has 0 radical (unpaired) electrons. The van der Waals surface area contributed by atoms with Gasteiger partial charge in [0, 0.05) is 70.5 Å². The molecule has 0 N–H and O–H groups in total. The van der Waals surface area contributed by atoms with Crippen LogP contribution in [0, 0.1) is 0 Å². The van der Waals surface area contributed by atoms with Gasteiger partial charge in [0.15, 0.2) is 34.6 Å². The lowest BCUT2D eigenvalue weighted by Crippen LogP contribution is -2.18. The van der Waals surface area contributed by atoms with Crippen molar-refractivity contribution in [3.8, 4) is 91.1 Å². The van der Waals surface area contributed by atoms with E-state index in [0.29, 0.717) is 45.8 Å². The van der Waals surface area contributed by atoms with Crippen molar-refractivity contribution in [3.63, 3.8) is 0 Å². The highest BCUT2D eigenvalue weighted by Gasteiger charge is 2.32. The van der Waals surface area contributed by atoms with Gasteiger partial charge in [0.05, 0.1) is 62.6 Å². The molecule has 12 nitrogen and oxygen atoms in total. The molecule has 0 atom stereocenters. The second-order valence-corrected chi connectivity index (χ2v) is 17.7. The molecule has 2 aliphatic rings. The Morgan fingerprint density at radius 1 is 0.311 bits per heavy atom. The number of hydrogen-bond donors (Lipinski definition) is 0. The highest BCUT2D eigenvalue weighted by Crippen LogP contribution is 2.56. The maximum atomic E-state index is 6.66. The third-order valence-corrected chi connectivity index (χ3v) is 13.1. The van der Waals surface area contributed by atoms with E-state index in [9.17, 15) is 0 Å². The van der Waals surface area contributed by atoms with E-state index < -0.39 is 0 Å². The van der Waals surface area contributed by atoms with E-state index in [1.54, 1.807) is 37.2 Å². The predicted molar refractivity (Wildman–Crippen MR) is 288 cm³/mol. The van der Waals surface area contributed by atoms with Crippen molar-refractivity contribution >= 4 is 44.9 Å². The van der Waals surface area contributed by atoms with E-state index >= 15 is 0 Å². The van der Waals surface area contributed by atoms with Gasteiger partial charge in [0.2, 0.25) is 0 Å². The quantitative estimate of drug-likeness (QED) is 0.144. The molecule has 14 rings (SSSR count). The molecular formula is C62H38N10O2. The zero-order valence-electron chi connectivity index (χ0n) is 39.2. The van der Waals surface area contributed by atoms with Crippen LogP contribution in [0.1, 0.15) is 0 Å². The fourth-order valence-corrected chi connectivity index (χ4v) is 9.77. The minimum atomic E-state index is 0.497. The molecule has 0 spiro atoms. The molecule has 348 valence electrons. The van der Waals surface area contributed by atoms with Crippen molar-refractivity contribution in [2.45, 2.75) is 0 Å². The Hall–Kier alpha value is -10.5. The molecule has 8 heterocycles. The van der Waals surface area contributed by atoms with Gasteiger partial charge in [-0.25, -0.2) is 19.9 Å². The Bertz CT molecular complexity index is 3900. The molecule has 0 saturated heterocycles. The van der Waals surface area contributed by atoms with Crippen LogP contribution in [0.5, 0.6) is 23.0 Å². The van der Waals surface area contributed by atoms with Gasteiger partial charge in [-0.05, 0) is 139 Å². The third kappa shape index (κ3) is 7.49. The van der Waals surface area contributed by atoms with Gasteiger partial charge in [-0.15, -0.1) is 0 Å². The number of hydrogen-bond acceptors (Lipinski definition) is 12. The van der Waals surface area contributed by atoms with Crippen LogP contribution in [-0.4, -0.2) is 39.9 Å². The summed E-state index contributed by atoms with van der Waals surface area (Å²) in [6.45, 7) is 0. The molecule has 6 aromatic heterocycles. The van der Waals surface area contributed by atoms with E-state index in [1.807, 2.05) is 146 Å². The number of para-hydroxylation sites is 8. The summed E-state index contributed by atoms with van der Waals surface area (Å²) in [7, 11) is 0. The van der Waals surface area contributed by atoms with Crippen LogP contribution in [0.15, 0.2) is 231 Å². The van der Waals surface area contributed by atoms with Gasteiger partial charge in [-0.2, -0.15) is 0 Å². The summed E-state index contributed by atoms with van der Waals surface area (Å²) in [6.07, 6.45) is 10.6. The molecule has 12 heteroatoms. The Balaban J connectivity index is 1.13. The Labute approximate surface area is 424 Å². The molecule has 12 aromatic rings. The first-order valence-electron chi connectivity index (χ1n) is 24.0. The Kier molecular flexibility index (Phi) is 10.2. The average Bonchev–Trinajstić information content (AvgIpc) is 3.48. The zero-order valence-corrected chi connectivity index (χ0v) is 39.2. The molecular weight excluding hydrogens is 917 g/mol. The maximum Gasteiger partial charge on any atom is 0.162 e. The lowest BCUT2D eigenvalue weighted by molar-refractivity contribution is 0.477. The number of aromatic nitrogens is 8. The summed E-state index contributed by atoms with van der Waals surface area (Å²) in [5, 5.41) is 1.81. The van der Waals surface area contributed by atoms with Crippen molar-refractivity contribution in [1.82, 2.24) is 39.9 Å². The number of ether oxygens (including phenoxy) is 2. The highest BCUT2D eigenvalue weighted by molar-refractivity contribution is 6.11. The summed E-state index contributed by atoms with van der Waals surface area (Å²) in [4.78, 5) is 44.1. The van der Waals surface area contributed by atoms with Crippen LogP contribution in [0.2, 0.25) is 0 Å². The highest BCUT2D eigenvalue weighted by atomic mass is 16.5. The van der Waals surface area contributed by atoms with E-state index in [4.69, 9.17) is 39.4 Å². The maximum absolute atomic E-state index is 6.66. The fraction of sp³-hybridized carbons (Fsp3) is 0. The first kappa shape index (κ1) is 42.4. The summed E-state index contributed by atoms with van der Waals surface area (Å²) in [5.74, 6) is 3.91. The van der Waals surface area contributed by atoms with Crippen LogP contribution < -0.4 is 19.3 Å². The van der Waals surface area contributed by atoms with Gasteiger partial charge < -0.3 is 19.3 Å². The molecule has 0 saturated carbocycles. The van der Waals surface area contributed by atoms with Gasteiger partial charge in [-0.3, -0.25) is 19.9 Å². The molecule has 2 aliphatic heterocycles. The lowest BCUT2D eigenvalue weighted by Gasteiger charge is -2.36. The van der Waals surface area contributed by atoms with Crippen LogP contribution in [0.4, 0.5) is 34.1 Å². The van der Waals surface area contributed by atoms with Gasteiger partial charge in [-0.1, -0.05) is 60.7 Å². The van der Waals surface area contributed by atoms with E-state index in [2.05, 4.69) is 68.3 Å². The van der Waals surface area contributed by atoms with E-state index in [-0.39, 0.29) is 0 Å². The molecule has 0 unspecified atom stereocenters. The van der Waals surface area contributed by atoms with Crippen molar-refractivity contribution in [2.24, 2.45) is 0 Å². The second-order valence-electron chi connectivity index (χ2n) is 17.7. The topological polar surface area (TPSA) is 128 Å². The Morgan fingerprint density at radius 2 is 0.784 bits per heavy atom. The molecule has 0 fully saturated rings. The van der Waals surface area contributed by atoms with E-state index in [0.717, 1.165) is 90.1 Å². The first-order chi connectivity index (χ1) is 36.7. The van der Waals surface area contributed by atoms with Crippen LogP contribution in [0.3, 0.4) is 0 Å². The SMILES string of the molecule is c1ccc(-c2cc(-c3cc(-c4cc(-c5ccccn5)nc(-c5cccnc5)n4)c4cc(N5c6ccccc6Oc6ccccc65)cc(N5c6ccccc6Oc6ccccc65)c4c3)nc(-c3cccnc3)n2)nc1. The van der Waals surface area contributed by atoms with Crippen molar-refractivity contribution in [3.05, 3.63) is 231 Å². The summed E-state index contributed by atoms with van der Waals surface area (Å²) in [5.41, 5.74) is 12.5.